The standard InChI is InChI=1S/C7H14O6/c1-7(13,3-9)6(12)5(11)4(10)2-8/h3-6,8,10-13H,2H2,1H3/t4-,5+,6-,7+/m0/s1. The molecule has 6 heteroatoms. The van der Waals surface area contributed by atoms with Gasteiger partial charge in [0.1, 0.15) is 23.9 Å². The van der Waals surface area contributed by atoms with Gasteiger partial charge in [-0.25, -0.2) is 0 Å². The van der Waals surface area contributed by atoms with Gasteiger partial charge >= 0.3 is 0 Å². The molecule has 0 bridgehead atoms. The van der Waals surface area contributed by atoms with Crippen LogP contribution in [0.25, 0.3) is 0 Å². The summed E-state index contributed by atoms with van der Waals surface area (Å²) in [6.45, 7) is 0.213. The normalized spacial score (nSPS) is 22.9. The molecule has 78 valence electrons. The van der Waals surface area contributed by atoms with Gasteiger partial charge in [-0.2, -0.15) is 0 Å². The molecule has 0 amide bonds. The van der Waals surface area contributed by atoms with Crippen molar-refractivity contribution >= 4 is 6.29 Å². The molecule has 6 nitrogen and oxygen atoms in total. The minimum atomic E-state index is -2.14. The second-order valence-electron chi connectivity index (χ2n) is 3.03. The maximum atomic E-state index is 10.2. The number of carbonyl (C=O) groups is 1. The van der Waals surface area contributed by atoms with Crippen molar-refractivity contribution in [3.63, 3.8) is 0 Å². The van der Waals surface area contributed by atoms with Crippen LogP contribution in [0.15, 0.2) is 0 Å². The molecule has 0 aromatic rings. The Labute approximate surface area is 75.1 Å². The Balaban J connectivity index is 4.40. The van der Waals surface area contributed by atoms with E-state index >= 15 is 0 Å². The summed E-state index contributed by atoms with van der Waals surface area (Å²) in [6.07, 6.45) is -5.16. The lowest BCUT2D eigenvalue weighted by Gasteiger charge is -2.29. The van der Waals surface area contributed by atoms with Crippen LogP contribution in [-0.2, 0) is 4.79 Å². The average Bonchev–Trinajstić information content (AvgIpc) is 2.14. The molecule has 0 saturated carbocycles. The summed E-state index contributed by atoms with van der Waals surface area (Å²) in [6, 6.07) is 0. The summed E-state index contributed by atoms with van der Waals surface area (Å²) in [5.41, 5.74) is -2.14. The van der Waals surface area contributed by atoms with E-state index in [0.29, 0.717) is 0 Å². The highest BCUT2D eigenvalue weighted by molar-refractivity contribution is 5.62. The van der Waals surface area contributed by atoms with E-state index in [0.717, 1.165) is 6.92 Å². The molecule has 0 radical (unpaired) electrons. The average molecular weight is 194 g/mol. The maximum absolute atomic E-state index is 10.2. The van der Waals surface area contributed by atoms with Crippen molar-refractivity contribution in [3.8, 4) is 0 Å². The molecule has 0 aliphatic rings. The third kappa shape index (κ3) is 3.02. The van der Waals surface area contributed by atoms with Gasteiger partial charge in [-0.3, -0.25) is 0 Å². The molecule has 0 unspecified atom stereocenters. The monoisotopic (exact) mass is 194 g/mol. The Bertz CT molecular complexity index is 168. The van der Waals surface area contributed by atoms with Gasteiger partial charge in [0.25, 0.3) is 0 Å². The summed E-state index contributed by atoms with van der Waals surface area (Å²) < 4.78 is 0. The highest BCUT2D eigenvalue weighted by Gasteiger charge is 2.38. The van der Waals surface area contributed by atoms with Gasteiger partial charge in [-0.05, 0) is 6.92 Å². The van der Waals surface area contributed by atoms with Gasteiger partial charge in [0.2, 0.25) is 0 Å². The van der Waals surface area contributed by atoms with Crippen molar-refractivity contribution < 1.29 is 30.3 Å². The molecular formula is C7H14O6. The van der Waals surface area contributed by atoms with Crippen LogP contribution in [0.2, 0.25) is 0 Å². The summed E-state index contributed by atoms with van der Waals surface area (Å²) in [5, 5.41) is 44.6. The van der Waals surface area contributed by atoms with E-state index in [2.05, 4.69) is 0 Å². The molecule has 0 saturated heterocycles. The number of aldehydes is 1. The van der Waals surface area contributed by atoms with Crippen molar-refractivity contribution in [2.24, 2.45) is 0 Å². The van der Waals surface area contributed by atoms with Gasteiger partial charge < -0.3 is 30.3 Å². The zero-order valence-corrected chi connectivity index (χ0v) is 7.16. The van der Waals surface area contributed by atoms with Gasteiger partial charge in [0, 0.05) is 0 Å². The molecule has 0 spiro atoms. The fourth-order valence-electron chi connectivity index (χ4n) is 0.734. The van der Waals surface area contributed by atoms with Crippen LogP contribution < -0.4 is 0 Å². The van der Waals surface area contributed by atoms with E-state index in [1.54, 1.807) is 0 Å². The van der Waals surface area contributed by atoms with Crippen molar-refractivity contribution in [1.82, 2.24) is 0 Å². The van der Waals surface area contributed by atoms with Crippen LogP contribution in [0.3, 0.4) is 0 Å². The Kier molecular flexibility index (Phi) is 4.45. The lowest BCUT2D eigenvalue weighted by molar-refractivity contribution is -0.159. The van der Waals surface area contributed by atoms with E-state index in [1.807, 2.05) is 0 Å². The number of aliphatic hydroxyl groups is 5. The first kappa shape index (κ1) is 12.5. The van der Waals surface area contributed by atoms with E-state index in [1.165, 1.54) is 0 Å². The van der Waals surface area contributed by atoms with Crippen molar-refractivity contribution in [2.75, 3.05) is 6.61 Å². The minimum absolute atomic E-state index is 0.0466. The van der Waals surface area contributed by atoms with Crippen LogP contribution >= 0.6 is 0 Å². The Hall–Kier alpha value is -0.530. The summed E-state index contributed by atoms with van der Waals surface area (Å²) >= 11 is 0. The lowest BCUT2D eigenvalue weighted by atomic mass is 9.93. The molecule has 4 atom stereocenters. The molecule has 0 aromatic carbocycles. The number of rotatable bonds is 5. The fourth-order valence-corrected chi connectivity index (χ4v) is 0.734. The van der Waals surface area contributed by atoms with Crippen LogP contribution in [-0.4, -0.2) is 62.3 Å². The molecule has 0 fully saturated rings. The van der Waals surface area contributed by atoms with Crippen molar-refractivity contribution in [3.05, 3.63) is 0 Å². The quantitative estimate of drug-likeness (QED) is 0.298. The first-order chi connectivity index (χ1) is 5.86. The molecule has 0 heterocycles. The topological polar surface area (TPSA) is 118 Å². The van der Waals surface area contributed by atoms with Gasteiger partial charge in [0.05, 0.1) is 6.61 Å². The van der Waals surface area contributed by atoms with E-state index in [9.17, 15) is 4.79 Å². The van der Waals surface area contributed by atoms with E-state index < -0.39 is 30.5 Å². The molecule has 5 N–H and O–H groups in total. The Morgan fingerprint density at radius 3 is 2.15 bits per heavy atom. The highest BCUT2D eigenvalue weighted by Crippen LogP contribution is 2.12. The lowest BCUT2D eigenvalue weighted by Crippen LogP contribution is -2.53. The fraction of sp³-hybridized carbons (Fsp3) is 0.857. The third-order valence-electron chi connectivity index (χ3n) is 1.74. The zero-order valence-electron chi connectivity index (χ0n) is 7.16. The first-order valence-electron chi connectivity index (χ1n) is 3.70. The van der Waals surface area contributed by atoms with Crippen LogP contribution in [0.1, 0.15) is 6.92 Å². The summed E-state index contributed by atoms with van der Waals surface area (Å²) in [7, 11) is 0. The second kappa shape index (κ2) is 4.64. The van der Waals surface area contributed by atoms with E-state index in [4.69, 9.17) is 25.5 Å². The molecular weight excluding hydrogens is 180 g/mol. The molecule has 13 heavy (non-hydrogen) atoms. The number of carbonyl (C=O) groups excluding carboxylic acids is 1. The maximum Gasteiger partial charge on any atom is 0.154 e. The van der Waals surface area contributed by atoms with E-state index in [-0.39, 0.29) is 6.29 Å². The van der Waals surface area contributed by atoms with Crippen molar-refractivity contribution in [1.29, 1.82) is 0 Å². The smallest absolute Gasteiger partial charge is 0.154 e. The predicted octanol–water partition coefficient (Wildman–Crippen LogP) is -2.99. The molecule has 0 aromatic heterocycles. The highest BCUT2D eigenvalue weighted by atomic mass is 16.4. The molecule has 0 aliphatic heterocycles. The van der Waals surface area contributed by atoms with Crippen molar-refractivity contribution in [2.45, 2.75) is 30.8 Å². The van der Waals surface area contributed by atoms with Crippen LogP contribution in [0.5, 0.6) is 0 Å². The minimum Gasteiger partial charge on any atom is -0.394 e. The number of hydrogen-bond acceptors (Lipinski definition) is 6. The SMILES string of the molecule is C[C@@](O)(C=O)[C@@H](O)[C@H](O)[C@@H](O)CO. The Morgan fingerprint density at radius 2 is 1.85 bits per heavy atom. The van der Waals surface area contributed by atoms with Crippen LogP contribution in [0, 0.1) is 0 Å². The molecule has 0 aliphatic carbocycles. The van der Waals surface area contributed by atoms with Crippen LogP contribution in [0.4, 0.5) is 0 Å². The van der Waals surface area contributed by atoms with Gasteiger partial charge in [0.15, 0.2) is 6.29 Å². The second-order valence-corrected chi connectivity index (χ2v) is 3.03. The first-order valence-corrected chi connectivity index (χ1v) is 3.70. The largest absolute Gasteiger partial charge is 0.394 e. The summed E-state index contributed by atoms with van der Waals surface area (Å²) in [4.78, 5) is 10.2. The Morgan fingerprint density at radius 1 is 1.38 bits per heavy atom. The summed E-state index contributed by atoms with van der Waals surface area (Å²) in [5.74, 6) is 0. The third-order valence-corrected chi connectivity index (χ3v) is 1.74. The predicted molar refractivity (Wildman–Crippen MR) is 41.8 cm³/mol. The zero-order chi connectivity index (χ0) is 10.6. The van der Waals surface area contributed by atoms with Gasteiger partial charge in [-0.1, -0.05) is 0 Å². The number of hydrogen-bond donors (Lipinski definition) is 5. The van der Waals surface area contributed by atoms with Gasteiger partial charge in [-0.15, -0.1) is 0 Å². The molecule has 0 rings (SSSR count). The number of aliphatic hydroxyl groups excluding tert-OH is 4.